The maximum Gasteiger partial charge on any atom is 0.290 e. The minimum Gasteiger partial charge on any atom is -0.200 e. The first-order chi connectivity index (χ1) is 8.77. The van der Waals surface area contributed by atoms with Crippen LogP contribution >= 0.6 is 0 Å². The molecule has 0 amide bonds. The minimum atomic E-state index is 0.498. The van der Waals surface area contributed by atoms with Crippen LogP contribution < -0.4 is 0 Å². The van der Waals surface area contributed by atoms with Gasteiger partial charge in [0.2, 0.25) is 0 Å². The molecular formula is C12H16N6. The molecule has 6 nitrogen and oxygen atoms in total. The maximum absolute atomic E-state index is 4.52. The fraction of sp³-hybridized carbons (Fsp3) is 0.500. The molecule has 1 N–H and O–H groups in total. The number of hydrogen-bond acceptors (Lipinski definition) is 4. The van der Waals surface area contributed by atoms with Crippen LogP contribution in [0.5, 0.6) is 0 Å². The zero-order chi connectivity index (χ0) is 12.5. The van der Waals surface area contributed by atoms with E-state index in [9.17, 15) is 0 Å². The molecule has 2 aromatic heterocycles. The Morgan fingerprint density at radius 1 is 1.28 bits per heavy atom. The number of H-pyrrole nitrogens is 1. The summed E-state index contributed by atoms with van der Waals surface area (Å²) in [4.78, 5) is 0. The van der Waals surface area contributed by atoms with Gasteiger partial charge in [0.1, 0.15) is 0 Å². The number of hydrogen-bond donors (Lipinski definition) is 1. The van der Waals surface area contributed by atoms with Gasteiger partial charge in [0.25, 0.3) is 5.95 Å². The minimum absolute atomic E-state index is 0.498. The molecule has 2 aromatic rings. The summed E-state index contributed by atoms with van der Waals surface area (Å²) in [6.45, 7) is 4.09. The summed E-state index contributed by atoms with van der Waals surface area (Å²) in [5, 5.41) is 18.5. The van der Waals surface area contributed by atoms with Gasteiger partial charge in [0.15, 0.2) is 0 Å². The fourth-order valence-corrected chi connectivity index (χ4v) is 2.61. The van der Waals surface area contributed by atoms with Gasteiger partial charge in [-0.25, -0.2) is 0 Å². The van der Waals surface area contributed by atoms with Gasteiger partial charge in [-0.2, -0.15) is 15.0 Å². The van der Waals surface area contributed by atoms with Crippen LogP contribution in [0.15, 0.2) is 6.08 Å². The van der Waals surface area contributed by atoms with Crippen LogP contribution in [0.3, 0.4) is 0 Å². The lowest BCUT2D eigenvalue weighted by Crippen LogP contribution is -2.02. The van der Waals surface area contributed by atoms with Gasteiger partial charge in [0, 0.05) is 5.56 Å². The number of nitrogens with zero attached hydrogens (tertiary/aromatic N) is 5. The van der Waals surface area contributed by atoms with E-state index in [4.69, 9.17) is 0 Å². The van der Waals surface area contributed by atoms with Crippen molar-refractivity contribution < 1.29 is 0 Å². The number of aromatic nitrogens is 6. The van der Waals surface area contributed by atoms with Crippen LogP contribution in [-0.4, -0.2) is 30.4 Å². The lowest BCUT2D eigenvalue weighted by molar-refractivity contribution is 0.740. The molecule has 0 aliphatic heterocycles. The number of nitrogens with one attached hydrogen (secondary N) is 1. The molecule has 0 aromatic carbocycles. The highest BCUT2D eigenvalue weighted by atomic mass is 15.5. The highest BCUT2D eigenvalue weighted by molar-refractivity contribution is 5.70. The first kappa shape index (κ1) is 11.1. The number of tetrazole rings is 1. The van der Waals surface area contributed by atoms with Crippen LogP contribution in [0.25, 0.3) is 11.5 Å². The van der Waals surface area contributed by atoms with Crippen molar-refractivity contribution in [1.82, 2.24) is 30.4 Å². The Morgan fingerprint density at radius 2 is 2.17 bits per heavy atom. The molecule has 18 heavy (non-hydrogen) atoms. The number of aromatic amines is 1. The predicted octanol–water partition coefficient (Wildman–Crippen LogP) is 1.96. The Morgan fingerprint density at radius 3 is 2.83 bits per heavy atom. The number of rotatable bonds is 2. The molecule has 0 saturated heterocycles. The highest BCUT2D eigenvalue weighted by Gasteiger charge is 2.19. The molecule has 1 aliphatic carbocycles. The first-order valence-electron chi connectivity index (χ1n) is 6.27. The van der Waals surface area contributed by atoms with Crippen molar-refractivity contribution in [3.63, 3.8) is 0 Å². The average Bonchev–Trinajstić information content (AvgIpc) is 2.99. The van der Waals surface area contributed by atoms with E-state index in [0.29, 0.717) is 5.95 Å². The largest absolute Gasteiger partial charge is 0.290 e. The lowest BCUT2D eigenvalue weighted by atomic mass is 9.92. The molecule has 0 fully saturated rings. The van der Waals surface area contributed by atoms with Crippen molar-refractivity contribution in [3.8, 4) is 5.95 Å². The predicted molar refractivity (Wildman–Crippen MR) is 67.2 cm³/mol. The molecule has 0 bridgehead atoms. The van der Waals surface area contributed by atoms with Gasteiger partial charge in [-0.05, 0) is 50.3 Å². The molecular weight excluding hydrogens is 228 g/mol. The standard InChI is InChI=1S/C12H16N6/c1-8-11(10-6-4-3-5-7-10)9(2)18(15-8)12-13-16-17-14-12/h6H,3-5,7H2,1-2H3,(H,13,14,16,17). The SMILES string of the molecule is Cc1nn(-c2nn[nH]n2)c(C)c1C1=CCCCC1. The maximum atomic E-state index is 4.52. The first-order valence-corrected chi connectivity index (χ1v) is 6.27. The molecule has 0 spiro atoms. The third-order valence-corrected chi connectivity index (χ3v) is 3.43. The third-order valence-electron chi connectivity index (χ3n) is 3.43. The molecule has 0 unspecified atom stereocenters. The van der Waals surface area contributed by atoms with Crippen molar-refractivity contribution in [3.05, 3.63) is 23.0 Å². The zero-order valence-electron chi connectivity index (χ0n) is 10.6. The van der Waals surface area contributed by atoms with E-state index >= 15 is 0 Å². The van der Waals surface area contributed by atoms with E-state index in [1.165, 1.54) is 30.4 Å². The second-order valence-corrected chi connectivity index (χ2v) is 4.64. The Kier molecular flexibility index (Phi) is 2.70. The highest BCUT2D eigenvalue weighted by Crippen LogP contribution is 2.31. The van der Waals surface area contributed by atoms with Crippen LogP contribution in [0.2, 0.25) is 0 Å². The smallest absolute Gasteiger partial charge is 0.200 e. The third kappa shape index (κ3) is 1.73. The quantitative estimate of drug-likeness (QED) is 0.876. The van der Waals surface area contributed by atoms with Gasteiger partial charge >= 0.3 is 0 Å². The van der Waals surface area contributed by atoms with Gasteiger partial charge in [0.05, 0.1) is 11.4 Å². The molecule has 3 rings (SSSR count). The normalized spacial score (nSPS) is 15.8. The van der Waals surface area contributed by atoms with Gasteiger partial charge in [-0.3, -0.25) is 0 Å². The molecule has 0 radical (unpaired) electrons. The topological polar surface area (TPSA) is 72.3 Å². The zero-order valence-corrected chi connectivity index (χ0v) is 10.6. The van der Waals surface area contributed by atoms with Crippen LogP contribution in [-0.2, 0) is 0 Å². The average molecular weight is 244 g/mol. The Labute approximate surface area is 105 Å². The molecule has 0 saturated carbocycles. The summed E-state index contributed by atoms with van der Waals surface area (Å²) in [5.74, 6) is 0.498. The molecule has 1 aliphatic rings. The molecule has 0 atom stereocenters. The van der Waals surface area contributed by atoms with Crippen LogP contribution in [0.4, 0.5) is 0 Å². The second kappa shape index (κ2) is 4.36. The monoisotopic (exact) mass is 244 g/mol. The van der Waals surface area contributed by atoms with Crippen molar-refractivity contribution in [2.75, 3.05) is 0 Å². The van der Waals surface area contributed by atoms with E-state index in [2.05, 4.69) is 38.7 Å². The van der Waals surface area contributed by atoms with Crippen molar-refractivity contribution in [1.29, 1.82) is 0 Å². The Balaban J connectivity index is 2.08. The van der Waals surface area contributed by atoms with E-state index < -0.39 is 0 Å². The summed E-state index contributed by atoms with van der Waals surface area (Å²) in [6, 6.07) is 0. The summed E-state index contributed by atoms with van der Waals surface area (Å²) >= 11 is 0. The summed E-state index contributed by atoms with van der Waals surface area (Å²) in [6.07, 6.45) is 7.20. The van der Waals surface area contributed by atoms with Crippen LogP contribution in [0, 0.1) is 13.8 Å². The van der Waals surface area contributed by atoms with Crippen LogP contribution in [0.1, 0.15) is 42.6 Å². The summed E-state index contributed by atoms with van der Waals surface area (Å²) in [5.41, 5.74) is 4.78. The molecule has 6 heteroatoms. The van der Waals surface area contributed by atoms with E-state index in [1.54, 1.807) is 4.68 Å². The van der Waals surface area contributed by atoms with Crippen molar-refractivity contribution in [2.24, 2.45) is 0 Å². The van der Waals surface area contributed by atoms with Gasteiger partial charge in [-0.1, -0.05) is 11.2 Å². The Bertz CT molecular complexity index is 578. The Hall–Kier alpha value is -1.98. The number of allylic oxidation sites excluding steroid dienone is 2. The molecule has 2 heterocycles. The van der Waals surface area contributed by atoms with Gasteiger partial charge in [-0.15, -0.1) is 5.10 Å². The van der Waals surface area contributed by atoms with Crippen molar-refractivity contribution >= 4 is 5.57 Å². The van der Waals surface area contributed by atoms with Crippen molar-refractivity contribution in [2.45, 2.75) is 39.5 Å². The fourth-order valence-electron chi connectivity index (χ4n) is 2.61. The number of aryl methyl sites for hydroxylation is 1. The van der Waals surface area contributed by atoms with E-state index in [0.717, 1.165) is 17.8 Å². The van der Waals surface area contributed by atoms with E-state index in [-0.39, 0.29) is 0 Å². The molecule has 94 valence electrons. The summed E-state index contributed by atoms with van der Waals surface area (Å²) < 4.78 is 1.75. The van der Waals surface area contributed by atoms with E-state index in [1.807, 2.05) is 6.92 Å². The lowest BCUT2D eigenvalue weighted by Gasteiger charge is -2.13. The summed E-state index contributed by atoms with van der Waals surface area (Å²) in [7, 11) is 0. The van der Waals surface area contributed by atoms with Gasteiger partial charge < -0.3 is 0 Å². The second-order valence-electron chi connectivity index (χ2n) is 4.64.